The normalized spacial score (nSPS) is 11.5. The van der Waals surface area contributed by atoms with Crippen LogP contribution in [0.5, 0.6) is 0 Å². The first-order chi connectivity index (χ1) is 10.5. The molecule has 0 bridgehead atoms. The van der Waals surface area contributed by atoms with Crippen molar-refractivity contribution in [2.75, 3.05) is 5.32 Å². The molecule has 1 amide bonds. The fourth-order valence-electron chi connectivity index (χ4n) is 1.82. The predicted octanol–water partition coefficient (Wildman–Crippen LogP) is 2.73. The summed E-state index contributed by atoms with van der Waals surface area (Å²) in [6.45, 7) is 1.53. The highest BCUT2D eigenvalue weighted by molar-refractivity contribution is 7.16. The van der Waals surface area contributed by atoms with E-state index in [0.29, 0.717) is 10.6 Å². The maximum Gasteiger partial charge on any atom is 0.304 e. The van der Waals surface area contributed by atoms with Crippen LogP contribution in [0.15, 0.2) is 30.3 Å². The maximum absolute atomic E-state index is 11.9. The number of hydrogen-bond acceptors (Lipinski definition) is 5. The van der Waals surface area contributed by atoms with Gasteiger partial charge in [-0.05, 0) is 0 Å². The zero-order valence-electron chi connectivity index (χ0n) is 11.7. The number of carbonyl (C=O) groups is 2. The topological polar surface area (TPSA) is 103 Å². The lowest BCUT2D eigenvalue weighted by Gasteiger charge is -2.07. The van der Waals surface area contributed by atoms with Crippen LogP contribution in [-0.2, 0) is 9.59 Å². The number of nitriles is 1. The highest BCUT2D eigenvalue weighted by Gasteiger charge is 2.19. The van der Waals surface area contributed by atoms with E-state index in [1.807, 2.05) is 30.3 Å². The molecule has 0 saturated heterocycles. The number of aromatic nitrogens is 1. The number of carbonyl (C=O) groups excluding carboxylic acids is 1. The predicted molar refractivity (Wildman–Crippen MR) is 82.3 cm³/mol. The summed E-state index contributed by atoms with van der Waals surface area (Å²) in [5, 5.41) is 20.7. The number of carboxylic acids is 1. The van der Waals surface area contributed by atoms with Crippen LogP contribution in [-0.4, -0.2) is 22.0 Å². The molecule has 1 unspecified atom stereocenters. The van der Waals surface area contributed by atoms with Crippen molar-refractivity contribution >= 4 is 28.3 Å². The lowest BCUT2D eigenvalue weighted by molar-refractivity contribution is -0.139. The molecule has 1 atom stereocenters. The highest BCUT2D eigenvalue weighted by atomic mass is 32.1. The number of benzene rings is 1. The monoisotopic (exact) mass is 315 g/mol. The van der Waals surface area contributed by atoms with Crippen LogP contribution >= 0.6 is 11.3 Å². The van der Waals surface area contributed by atoms with Crippen molar-refractivity contribution < 1.29 is 14.7 Å². The van der Waals surface area contributed by atoms with Gasteiger partial charge in [-0.2, -0.15) is 5.26 Å². The molecule has 1 aromatic carbocycles. The van der Waals surface area contributed by atoms with Crippen molar-refractivity contribution in [2.24, 2.45) is 5.92 Å². The van der Waals surface area contributed by atoms with Crippen LogP contribution in [0.3, 0.4) is 0 Å². The van der Waals surface area contributed by atoms with Gasteiger partial charge < -0.3 is 10.4 Å². The Balaban J connectivity index is 2.21. The number of hydrogen-bond donors (Lipinski definition) is 2. The average molecular weight is 315 g/mol. The summed E-state index contributed by atoms with van der Waals surface area (Å²) in [6.07, 6.45) is -0.256. The van der Waals surface area contributed by atoms with E-state index >= 15 is 0 Å². The van der Waals surface area contributed by atoms with Crippen LogP contribution < -0.4 is 5.32 Å². The van der Waals surface area contributed by atoms with Crippen LogP contribution in [0.25, 0.3) is 11.3 Å². The minimum atomic E-state index is -1.04. The molecule has 0 radical (unpaired) electrons. The maximum atomic E-state index is 11.9. The zero-order chi connectivity index (χ0) is 16.1. The summed E-state index contributed by atoms with van der Waals surface area (Å²) in [4.78, 5) is 27.2. The SMILES string of the molecule is CC(CC(=O)O)C(=O)Nc1nc(-c2ccccc2)c(C#N)s1. The molecule has 2 rings (SSSR count). The van der Waals surface area contributed by atoms with Gasteiger partial charge in [0, 0.05) is 11.5 Å². The Labute approximate surface area is 131 Å². The van der Waals surface area contributed by atoms with Gasteiger partial charge in [0.2, 0.25) is 5.91 Å². The minimum Gasteiger partial charge on any atom is -0.481 e. The summed E-state index contributed by atoms with van der Waals surface area (Å²) in [5.41, 5.74) is 1.30. The average Bonchev–Trinajstić information content (AvgIpc) is 2.90. The molecule has 0 spiro atoms. The van der Waals surface area contributed by atoms with E-state index < -0.39 is 17.8 Å². The second-order valence-corrected chi connectivity index (χ2v) is 5.66. The first-order valence-corrected chi connectivity index (χ1v) is 7.32. The quantitative estimate of drug-likeness (QED) is 0.883. The van der Waals surface area contributed by atoms with Gasteiger partial charge in [-0.25, -0.2) is 4.98 Å². The van der Waals surface area contributed by atoms with E-state index in [1.165, 1.54) is 6.92 Å². The van der Waals surface area contributed by atoms with Gasteiger partial charge in [-0.1, -0.05) is 48.6 Å². The number of anilines is 1. The van der Waals surface area contributed by atoms with Crippen molar-refractivity contribution in [1.82, 2.24) is 4.98 Å². The molecule has 0 aliphatic heterocycles. The number of amides is 1. The molecular weight excluding hydrogens is 302 g/mol. The van der Waals surface area contributed by atoms with E-state index in [-0.39, 0.29) is 11.6 Å². The third-order valence-corrected chi connectivity index (χ3v) is 3.81. The van der Waals surface area contributed by atoms with E-state index in [0.717, 1.165) is 16.9 Å². The van der Waals surface area contributed by atoms with Crippen molar-refractivity contribution in [2.45, 2.75) is 13.3 Å². The van der Waals surface area contributed by atoms with Gasteiger partial charge in [0.15, 0.2) is 5.13 Å². The summed E-state index contributed by atoms with van der Waals surface area (Å²) in [5.74, 6) is -2.14. The number of rotatable bonds is 5. The van der Waals surface area contributed by atoms with Gasteiger partial charge >= 0.3 is 5.97 Å². The van der Waals surface area contributed by atoms with Crippen molar-refractivity contribution in [3.63, 3.8) is 0 Å². The zero-order valence-corrected chi connectivity index (χ0v) is 12.6. The Hall–Kier alpha value is -2.72. The Bertz CT molecular complexity index is 734. The molecular formula is C15H13N3O3S. The van der Waals surface area contributed by atoms with E-state index in [4.69, 9.17) is 5.11 Å². The standard InChI is InChI=1S/C15H13N3O3S/c1-9(7-12(19)20)14(21)18-15-17-13(11(8-16)22-15)10-5-3-2-4-6-10/h2-6,9H,7H2,1H3,(H,19,20)(H,17,18,21). The van der Waals surface area contributed by atoms with Gasteiger partial charge in [-0.3, -0.25) is 9.59 Å². The molecule has 112 valence electrons. The van der Waals surface area contributed by atoms with E-state index in [2.05, 4.69) is 16.4 Å². The molecule has 0 aliphatic rings. The fraction of sp³-hybridized carbons (Fsp3) is 0.200. The summed E-state index contributed by atoms with van der Waals surface area (Å²) in [6, 6.07) is 11.2. The van der Waals surface area contributed by atoms with Crippen LogP contribution in [0, 0.1) is 17.2 Å². The minimum absolute atomic E-state index is 0.256. The molecule has 22 heavy (non-hydrogen) atoms. The Morgan fingerprint density at radius 1 is 1.41 bits per heavy atom. The molecule has 1 aromatic heterocycles. The van der Waals surface area contributed by atoms with Crippen LogP contribution in [0.2, 0.25) is 0 Å². The Morgan fingerprint density at radius 3 is 2.68 bits per heavy atom. The number of nitrogens with zero attached hydrogens (tertiary/aromatic N) is 2. The Kier molecular flexibility index (Phi) is 4.86. The Morgan fingerprint density at radius 2 is 2.09 bits per heavy atom. The second kappa shape index (κ2) is 6.83. The van der Waals surface area contributed by atoms with Gasteiger partial charge in [0.1, 0.15) is 16.6 Å². The fourth-order valence-corrected chi connectivity index (χ4v) is 2.61. The molecule has 6 nitrogen and oxygen atoms in total. The third-order valence-electron chi connectivity index (χ3n) is 2.93. The summed E-state index contributed by atoms with van der Waals surface area (Å²) >= 11 is 1.07. The number of carboxylic acid groups (broad SMARTS) is 1. The van der Waals surface area contributed by atoms with Crippen molar-refractivity contribution in [3.8, 4) is 17.3 Å². The van der Waals surface area contributed by atoms with E-state index in [9.17, 15) is 14.9 Å². The molecule has 0 fully saturated rings. The smallest absolute Gasteiger partial charge is 0.304 e. The highest BCUT2D eigenvalue weighted by Crippen LogP contribution is 2.30. The molecule has 2 N–H and O–H groups in total. The first kappa shape index (κ1) is 15.7. The van der Waals surface area contributed by atoms with E-state index in [1.54, 1.807) is 0 Å². The number of aliphatic carboxylic acids is 1. The van der Waals surface area contributed by atoms with Crippen molar-refractivity contribution in [3.05, 3.63) is 35.2 Å². The third kappa shape index (κ3) is 3.68. The molecule has 0 aliphatic carbocycles. The molecule has 1 heterocycles. The van der Waals surface area contributed by atoms with Crippen LogP contribution in [0.1, 0.15) is 18.2 Å². The van der Waals surface area contributed by atoms with Gasteiger partial charge in [0.25, 0.3) is 0 Å². The number of thiazole rings is 1. The second-order valence-electron chi connectivity index (χ2n) is 4.66. The summed E-state index contributed by atoms with van der Waals surface area (Å²) in [7, 11) is 0. The largest absolute Gasteiger partial charge is 0.481 e. The summed E-state index contributed by atoms with van der Waals surface area (Å²) < 4.78 is 0. The molecule has 0 saturated carbocycles. The first-order valence-electron chi connectivity index (χ1n) is 6.50. The lowest BCUT2D eigenvalue weighted by Crippen LogP contribution is -2.22. The molecule has 7 heteroatoms. The van der Waals surface area contributed by atoms with Crippen molar-refractivity contribution in [1.29, 1.82) is 5.26 Å². The number of nitrogens with one attached hydrogen (secondary N) is 1. The molecule has 2 aromatic rings. The van der Waals surface area contributed by atoms with Gasteiger partial charge in [-0.15, -0.1) is 0 Å². The van der Waals surface area contributed by atoms with Gasteiger partial charge in [0.05, 0.1) is 6.42 Å². The lowest BCUT2D eigenvalue weighted by atomic mass is 10.1. The van der Waals surface area contributed by atoms with Crippen LogP contribution in [0.4, 0.5) is 5.13 Å².